The zero-order chi connectivity index (χ0) is 32.3. The Kier molecular flexibility index (Phi) is 19.2. The fraction of sp³-hybridized carbons (Fsp3) is 0.525. The Hall–Kier alpha value is -2.99. The first-order valence-electron chi connectivity index (χ1n) is 17.5. The quantitative estimate of drug-likeness (QED) is 0.0709. The maximum atomic E-state index is 12.8. The van der Waals surface area contributed by atoms with Crippen molar-refractivity contribution in [3.8, 4) is 5.75 Å². The number of aryl methyl sites for hydroxylation is 2. The Morgan fingerprint density at radius 1 is 0.717 bits per heavy atom. The molecule has 0 spiro atoms. The first-order valence-corrected chi connectivity index (χ1v) is 17.5. The third-order valence-corrected chi connectivity index (χ3v) is 8.64. The summed E-state index contributed by atoms with van der Waals surface area (Å²) < 4.78 is 8.17. The van der Waals surface area contributed by atoms with Gasteiger partial charge in [-0.1, -0.05) is 109 Å². The first-order chi connectivity index (χ1) is 21.9. The van der Waals surface area contributed by atoms with Crippen LogP contribution in [0.3, 0.4) is 0 Å². The highest BCUT2D eigenvalue weighted by atomic mass is 79.9. The van der Waals surface area contributed by atoms with Crippen molar-refractivity contribution in [3.05, 3.63) is 88.7 Å². The number of nitrogens with one attached hydrogen (secondary N) is 1. The van der Waals surface area contributed by atoms with Crippen LogP contribution in [0.15, 0.2) is 60.9 Å². The van der Waals surface area contributed by atoms with Crippen molar-refractivity contribution in [2.45, 2.75) is 131 Å². The largest absolute Gasteiger partial charge is 1.00 e. The Morgan fingerprint density at radius 3 is 1.85 bits per heavy atom. The number of carbonyl (C=O) groups is 2. The molecule has 5 nitrogen and oxygen atoms in total. The van der Waals surface area contributed by atoms with E-state index in [0.717, 1.165) is 36.2 Å². The number of amides is 1. The molecule has 1 amide bonds. The van der Waals surface area contributed by atoms with Crippen molar-refractivity contribution >= 4 is 17.4 Å². The second-order valence-corrected chi connectivity index (χ2v) is 12.7. The molecular formula is C40H57BrN2O3. The predicted octanol–water partition coefficient (Wildman–Crippen LogP) is 6.89. The predicted molar refractivity (Wildman–Crippen MR) is 186 cm³/mol. The van der Waals surface area contributed by atoms with E-state index in [0.29, 0.717) is 17.9 Å². The lowest BCUT2D eigenvalue weighted by molar-refractivity contribution is -0.688. The molecule has 0 aliphatic carbocycles. The van der Waals surface area contributed by atoms with Crippen LogP contribution in [0.2, 0.25) is 0 Å². The highest BCUT2D eigenvalue weighted by Gasteiger charge is 2.13. The number of benzene rings is 2. The van der Waals surface area contributed by atoms with Gasteiger partial charge in [0.2, 0.25) is 5.91 Å². The molecule has 0 unspecified atom stereocenters. The zero-order valence-electron chi connectivity index (χ0n) is 28.8. The van der Waals surface area contributed by atoms with Crippen LogP contribution < -0.4 is 31.6 Å². The van der Waals surface area contributed by atoms with Crippen LogP contribution in [-0.2, 0) is 17.8 Å². The number of Topliss-reactive ketones (excluding diaryl/α,β-unsaturated/α-hetero) is 1. The lowest BCUT2D eigenvalue weighted by Crippen LogP contribution is -3.00. The summed E-state index contributed by atoms with van der Waals surface area (Å²) in [5, 5.41) is 2.98. The third-order valence-electron chi connectivity index (χ3n) is 8.64. The summed E-state index contributed by atoms with van der Waals surface area (Å²) in [6.07, 6.45) is 22.9. The number of hydrogen-bond acceptors (Lipinski definition) is 3. The molecule has 46 heavy (non-hydrogen) atoms. The van der Waals surface area contributed by atoms with Gasteiger partial charge in [-0.05, 0) is 62.6 Å². The van der Waals surface area contributed by atoms with Crippen LogP contribution >= 0.6 is 0 Å². The van der Waals surface area contributed by atoms with Gasteiger partial charge in [0.1, 0.15) is 5.75 Å². The number of unbranched alkanes of at least 4 members (excludes halogenated alkanes) is 13. The molecule has 252 valence electrons. The van der Waals surface area contributed by atoms with Crippen LogP contribution in [0, 0.1) is 13.8 Å². The smallest absolute Gasteiger partial charge is 0.228 e. The summed E-state index contributed by atoms with van der Waals surface area (Å²) in [7, 11) is 0. The van der Waals surface area contributed by atoms with Crippen LogP contribution in [-0.4, -0.2) is 18.3 Å². The highest BCUT2D eigenvalue weighted by molar-refractivity contribution is 5.98. The molecule has 0 saturated carbocycles. The Labute approximate surface area is 289 Å². The molecule has 0 atom stereocenters. The number of hydrogen-bond donors (Lipinski definition) is 1. The zero-order valence-corrected chi connectivity index (χ0v) is 30.4. The van der Waals surface area contributed by atoms with E-state index in [-0.39, 0.29) is 35.1 Å². The number of anilines is 1. The maximum Gasteiger partial charge on any atom is 0.228 e. The van der Waals surface area contributed by atoms with Crippen molar-refractivity contribution in [1.29, 1.82) is 0 Å². The molecule has 2 aromatic carbocycles. The van der Waals surface area contributed by atoms with Gasteiger partial charge in [-0.3, -0.25) is 9.59 Å². The van der Waals surface area contributed by atoms with E-state index in [2.05, 4.69) is 49.1 Å². The van der Waals surface area contributed by atoms with E-state index in [9.17, 15) is 9.59 Å². The molecule has 6 heteroatoms. The molecule has 0 fully saturated rings. The molecule has 3 rings (SSSR count). The van der Waals surface area contributed by atoms with Crippen LogP contribution in [0.1, 0.15) is 136 Å². The van der Waals surface area contributed by atoms with E-state index in [1.54, 1.807) is 13.0 Å². The molecule has 0 aliphatic heterocycles. The molecule has 0 radical (unpaired) electrons. The molecule has 3 aromatic rings. The van der Waals surface area contributed by atoms with Crippen molar-refractivity contribution in [2.75, 3.05) is 11.9 Å². The second kappa shape index (κ2) is 22.5. The summed E-state index contributed by atoms with van der Waals surface area (Å²) in [6.45, 7) is 9.44. The van der Waals surface area contributed by atoms with E-state index in [1.807, 2.05) is 36.4 Å². The summed E-state index contributed by atoms with van der Waals surface area (Å²) in [5.41, 5.74) is 5.80. The number of nitrogens with zero attached hydrogens (tertiary/aromatic N) is 1. The number of pyridine rings is 1. The molecule has 0 bridgehead atoms. The molecule has 0 aliphatic rings. The number of ketones is 1. The number of carbonyl (C=O) groups excluding carboxylic acids is 2. The Balaban J connectivity index is 0.00000736. The Morgan fingerprint density at radius 2 is 1.28 bits per heavy atom. The second-order valence-electron chi connectivity index (χ2n) is 12.7. The highest BCUT2D eigenvalue weighted by Crippen LogP contribution is 2.22. The number of halogens is 1. The fourth-order valence-corrected chi connectivity index (χ4v) is 5.69. The lowest BCUT2D eigenvalue weighted by atomic mass is 10.0. The minimum absolute atomic E-state index is 0. The van der Waals surface area contributed by atoms with Gasteiger partial charge in [-0.15, -0.1) is 0 Å². The summed E-state index contributed by atoms with van der Waals surface area (Å²) in [5.74, 6) is 0.445. The van der Waals surface area contributed by atoms with E-state index in [1.165, 1.54) is 88.2 Å². The van der Waals surface area contributed by atoms with E-state index < -0.39 is 0 Å². The van der Waals surface area contributed by atoms with Crippen molar-refractivity contribution in [2.24, 2.45) is 0 Å². The first kappa shape index (κ1) is 39.2. The summed E-state index contributed by atoms with van der Waals surface area (Å²) in [4.78, 5) is 25.2. The molecule has 1 aromatic heterocycles. The van der Waals surface area contributed by atoms with Crippen LogP contribution in [0.25, 0.3) is 0 Å². The van der Waals surface area contributed by atoms with E-state index >= 15 is 0 Å². The number of ether oxygens (including phenoxy) is 1. The average Bonchev–Trinajstić information content (AvgIpc) is 3.02. The monoisotopic (exact) mass is 692 g/mol. The maximum absolute atomic E-state index is 12.8. The average molecular weight is 694 g/mol. The SMILES string of the molecule is CCCCCCCCCCCCCCCCOc1ccc(CC(=O)Nc2ccc(C[n+]3ccc(C)c(C)c3)cc2)cc1C(C)=O.[Br-]. The van der Waals surface area contributed by atoms with E-state index in [4.69, 9.17) is 4.74 Å². The van der Waals surface area contributed by atoms with Crippen LogP contribution in [0.5, 0.6) is 5.75 Å². The van der Waals surface area contributed by atoms with Crippen molar-refractivity contribution < 1.29 is 35.9 Å². The van der Waals surface area contributed by atoms with Gasteiger partial charge in [-0.2, -0.15) is 0 Å². The van der Waals surface area contributed by atoms with Crippen molar-refractivity contribution in [1.82, 2.24) is 0 Å². The molecular weight excluding hydrogens is 636 g/mol. The summed E-state index contributed by atoms with van der Waals surface area (Å²) in [6, 6.07) is 15.6. The minimum atomic E-state index is -0.114. The third kappa shape index (κ3) is 15.1. The molecule has 1 N–H and O–H groups in total. The fourth-order valence-electron chi connectivity index (χ4n) is 5.69. The van der Waals surface area contributed by atoms with Gasteiger partial charge in [0.25, 0.3) is 0 Å². The van der Waals surface area contributed by atoms with Crippen LogP contribution in [0.4, 0.5) is 5.69 Å². The standard InChI is InChI=1S/C40H56N2O3.BrH/c1-5-6-7-8-9-10-11-12-13-14-15-16-17-18-27-45-39-24-21-36(28-38(39)34(4)43)29-40(44)41-37-22-19-35(20-23-37)31-42-26-25-32(2)33(3)30-42;/h19-26,28,30H,5-18,27,29,31H2,1-4H3;1H. The number of rotatable bonds is 22. The lowest BCUT2D eigenvalue weighted by Gasteiger charge is -2.12. The van der Waals surface area contributed by atoms with Gasteiger partial charge in [0, 0.05) is 22.9 Å². The molecule has 0 saturated heterocycles. The summed E-state index contributed by atoms with van der Waals surface area (Å²) >= 11 is 0. The van der Waals surface area contributed by atoms with Gasteiger partial charge in [-0.25, -0.2) is 4.57 Å². The minimum Gasteiger partial charge on any atom is -1.00 e. The topological polar surface area (TPSA) is 59.3 Å². The van der Waals surface area contributed by atoms with Gasteiger partial charge in [0.15, 0.2) is 24.7 Å². The normalized spacial score (nSPS) is 10.8. The van der Waals surface area contributed by atoms with Gasteiger partial charge >= 0.3 is 0 Å². The van der Waals surface area contributed by atoms with Gasteiger partial charge < -0.3 is 27.0 Å². The molecule has 1 heterocycles. The Bertz CT molecular complexity index is 1320. The number of aromatic nitrogens is 1. The van der Waals surface area contributed by atoms with Gasteiger partial charge in [0.05, 0.1) is 18.6 Å². The van der Waals surface area contributed by atoms with Crippen molar-refractivity contribution in [3.63, 3.8) is 0 Å².